The van der Waals surface area contributed by atoms with Gasteiger partial charge in [0.2, 0.25) is 11.7 Å². The fourth-order valence-electron chi connectivity index (χ4n) is 2.88. The minimum Gasteiger partial charge on any atom is -0.497 e. The molecule has 0 spiro atoms. The first-order chi connectivity index (χ1) is 10.6. The van der Waals surface area contributed by atoms with Crippen molar-refractivity contribution in [2.75, 3.05) is 13.7 Å². The van der Waals surface area contributed by atoms with E-state index in [1.807, 2.05) is 24.3 Å². The molecule has 2 unspecified atom stereocenters. The molecule has 1 aliphatic rings. The maximum atomic E-state index is 9.92. The van der Waals surface area contributed by atoms with Gasteiger partial charge in [0.1, 0.15) is 5.75 Å². The lowest BCUT2D eigenvalue weighted by atomic mass is 10.2. The average Bonchev–Trinajstić information content (AvgIpc) is 3.13. The lowest BCUT2D eigenvalue weighted by molar-refractivity contribution is 0.150. The molecule has 2 aromatic rings. The van der Waals surface area contributed by atoms with Crippen LogP contribution in [-0.2, 0) is 0 Å². The number of aromatic nitrogens is 2. The van der Waals surface area contributed by atoms with Gasteiger partial charge >= 0.3 is 0 Å². The highest BCUT2D eigenvalue weighted by molar-refractivity contribution is 5.55. The molecule has 0 amide bonds. The van der Waals surface area contributed by atoms with Gasteiger partial charge in [-0.05, 0) is 44.5 Å². The Bertz CT molecular complexity index is 624. The molecule has 3 rings (SSSR count). The van der Waals surface area contributed by atoms with Gasteiger partial charge < -0.3 is 14.4 Å². The van der Waals surface area contributed by atoms with Crippen LogP contribution in [0.5, 0.6) is 5.75 Å². The van der Waals surface area contributed by atoms with Crippen molar-refractivity contribution in [2.45, 2.75) is 38.5 Å². The zero-order chi connectivity index (χ0) is 15.7. The standard InChI is InChI=1S/C16H21N3O3/c1-10(2)19-9-12(20)8-14(19)16-17-15(18-22-16)11-4-6-13(21-3)7-5-11/h4-7,10,12,14,20H,8-9H2,1-3H3. The van der Waals surface area contributed by atoms with Crippen molar-refractivity contribution < 1.29 is 14.4 Å². The molecule has 1 aromatic carbocycles. The van der Waals surface area contributed by atoms with Gasteiger partial charge in [0, 0.05) is 18.2 Å². The van der Waals surface area contributed by atoms with E-state index in [-0.39, 0.29) is 12.1 Å². The number of methoxy groups -OCH3 is 1. The summed E-state index contributed by atoms with van der Waals surface area (Å²) < 4.78 is 10.6. The van der Waals surface area contributed by atoms with Gasteiger partial charge in [0.05, 0.1) is 19.3 Å². The van der Waals surface area contributed by atoms with E-state index >= 15 is 0 Å². The van der Waals surface area contributed by atoms with Crippen molar-refractivity contribution in [1.82, 2.24) is 15.0 Å². The number of β-amino-alcohol motifs (C(OH)–C–C–N with tert-alkyl or cyclic N) is 1. The SMILES string of the molecule is COc1ccc(-c2noc(C3CC(O)CN3C(C)C)n2)cc1. The van der Waals surface area contributed by atoms with E-state index in [2.05, 4.69) is 28.9 Å². The minimum atomic E-state index is -0.344. The fraction of sp³-hybridized carbons (Fsp3) is 0.500. The van der Waals surface area contributed by atoms with Gasteiger partial charge in [-0.3, -0.25) is 4.90 Å². The first-order valence-corrected chi connectivity index (χ1v) is 7.50. The van der Waals surface area contributed by atoms with Crippen molar-refractivity contribution in [1.29, 1.82) is 0 Å². The molecule has 1 aliphatic heterocycles. The summed E-state index contributed by atoms with van der Waals surface area (Å²) in [5.74, 6) is 1.91. The maximum absolute atomic E-state index is 9.92. The molecule has 2 atom stereocenters. The van der Waals surface area contributed by atoms with Gasteiger partial charge in [-0.15, -0.1) is 0 Å². The summed E-state index contributed by atoms with van der Waals surface area (Å²) in [4.78, 5) is 6.70. The molecule has 0 saturated carbocycles. The number of hydrogen-bond acceptors (Lipinski definition) is 6. The number of benzene rings is 1. The van der Waals surface area contributed by atoms with E-state index in [4.69, 9.17) is 9.26 Å². The second kappa shape index (κ2) is 6.06. The molecule has 0 aliphatic carbocycles. The number of aliphatic hydroxyl groups excluding tert-OH is 1. The van der Waals surface area contributed by atoms with Crippen LogP contribution in [0.25, 0.3) is 11.4 Å². The molecule has 2 heterocycles. The van der Waals surface area contributed by atoms with Gasteiger partial charge in [-0.1, -0.05) is 5.16 Å². The molecule has 1 saturated heterocycles. The predicted molar refractivity (Wildman–Crippen MR) is 81.5 cm³/mol. The van der Waals surface area contributed by atoms with E-state index < -0.39 is 0 Å². The number of hydrogen-bond donors (Lipinski definition) is 1. The highest BCUT2D eigenvalue weighted by Crippen LogP contribution is 2.33. The Morgan fingerprint density at radius 3 is 2.68 bits per heavy atom. The number of rotatable bonds is 4. The van der Waals surface area contributed by atoms with Gasteiger partial charge in [0.25, 0.3) is 0 Å². The number of aliphatic hydroxyl groups is 1. The molecule has 22 heavy (non-hydrogen) atoms. The molecule has 6 nitrogen and oxygen atoms in total. The number of likely N-dealkylation sites (tertiary alicyclic amines) is 1. The van der Waals surface area contributed by atoms with E-state index in [1.165, 1.54) is 0 Å². The summed E-state index contributed by atoms with van der Waals surface area (Å²) in [6, 6.07) is 7.83. The lowest BCUT2D eigenvalue weighted by Crippen LogP contribution is -2.31. The number of nitrogens with zero attached hydrogens (tertiary/aromatic N) is 3. The van der Waals surface area contributed by atoms with Gasteiger partial charge in [0.15, 0.2) is 0 Å². The Kier molecular flexibility index (Phi) is 4.13. The van der Waals surface area contributed by atoms with E-state index in [1.54, 1.807) is 7.11 Å². The molecule has 0 bridgehead atoms. The van der Waals surface area contributed by atoms with Crippen LogP contribution >= 0.6 is 0 Å². The van der Waals surface area contributed by atoms with Crippen LogP contribution in [0.15, 0.2) is 28.8 Å². The Labute approximate surface area is 129 Å². The summed E-state index contributed by atoms with van der Waals surface area (Å²) in [5.41, 5.74) is 0.880. The Morgan fingerprint density at radius 2 is 2.05 bits per heavy atom. The second-order valence-electron chi connectivity index (χ2n) is 5.88. The third-order valence-corrected chi connectivity index (χ3v) is 4.06. The molecule has 6 heteroatoms. The highest BCUT2D eigenvalue weighted by Gasteiger charge is 2.37. The molecular weight excluding hydrogens is 282 g/mol. The Morgan fingerprint density at radius 1 is 1.32 bits per heavy atom. The minimum absolute atomic E-state index is 0.0190. The second-order valence-corrected chi connectivity index (χ2v) is 5.88. The summed E-state index contributed by atoms with van der Waals surface area (Å²) in [6.45, 7) is 4.85. The molecule has 1 aromatic heterocycles. The lowest BCUT2D eigenvalue weighted by Gasteiger charge is -2.25. The van der Waals surface area contributed by atoms with Crippen molar-refractivity contribution in [3.8, 4) is 17.1 Å². The van der Waals surface area contributed by atoms with Crippen molar-refractivity contribution in [3.63, 3.8) is 0 Å². The summed E-state index contributed by atoms with van der Waals surface area (Å²) in [7, 11) is 1.63. The molecule has 1 fully saturated rings. The molecule has 0 radical (unpaired) electrons. The smallest absolute Gasteiger partial charge is 0.244 e. The van der Waals surface area contributed by atoms with Crippen molar-refractivity contribution in [3.05, 3.63) is 30.2 Å². The van der Waals surface area contributed by atoms with Crippen LogP contribution in [-0.4, -0.2) is 45.9 Å². The fourth-order valence-corrected chi connectivity index (χ4v) is 2.88. The summed E-state index contributed by atoms with van der Waals surface area (Å²) in [6.07, 6.45) is 0.284. The topological polar surface area (TPSA) is 71.6 Å². The summed E-state index contributed by atoms with van der Waals surface area (Å²) >= 11 is 0. The maximum Gasteiger partial charge on any atom is 0.244 e. The largest absolute Gasteiger partial charge is 0.497 e. The van der Waals surface area contributed by atoms with Crippen LogP contribution in [0.2, 0.25) is 0 Å². The molecular formula is C16H21N3O3. The van der Waals surface area contributed by atoms with Crippen molar-refractivity contribution >= 4 is 0 Å². The Hall–Kier alpha value is -1.92. The van der Waals surface area contributed by atoms with Crippen LogP contribution in [0, 0.1) is 0 Å². The average molecular weight is 303 g/mol. The first-order valence-electron chi connectivity index (χ1n) is 7.50. The quantitative estimate of drug-likeness (QED) is 0.934. The van der Waals surface area contributed by atoms with Crippen LogP contribution in [0.3, 0.4) is 0 Å². The molecule has 1 N–H and O–H groups in total. The molecule has 118 valence electrons. The number of ether oxygens (including phenoxy) is 1. The predicted octanol–water partition coefficient (Wildman–Crippen LogP) is 2.26. The van der Waals surface area contributed by atoms with E-state index in [9.17, 15) is 5.11 Å². The zero-order valence-corrected chi connectivity index (χ0v) is 13.1. The highest BCUT2D eigenvalue weighted by atomic mass is 16.5. The van der Waals surface area contributed by atoms with E-state index in [0.29, 0.717) is 30.7 Å². The monoisotopic (exact) mass is 303 g/mol. The third-order valence-electron chi connectivity index (χ3n) is 4.06. The van der Waals surface area contributed by atoms with Crippen LogP contribution in [0.1, 0.15) is 32.2 Å². The van der Waals surface area contributed by atoms with E-state index in [0.717, 1.165) is 11.3 Å². The Balaban J connectivity index is 1.83. The van der Waals surface area contributed by atoms with Gasteiger partial charge in [-0.25, -0.2) is 0 Å². The zero-order valence-electron chi connectivity index (χ0n) is 13.1. The normalized spacial score (nSPS) is 22.4. The summed E-state index contributed by atoms with van der Waals surface area (Å²) in [5, 5.41) is 14.0. The van der Waals surface area contributed by atoms with Crippen molar-refractivity contribution in [2.24, 2.45) is 0 Å². The van der Waals surface area contributed by atoms with Crippen LogP contribution in [0.4, 0.5) is 0 Å². The van der Waals surface area contributed by atoms with Crippen LogP contribution < -0.4 is 4.74 Å². The first kappa shape index (κ1) is 15.0. The third kappa shape index (κ3) is 2.84. The van der Waals surface area contributed by atoms with Gasteiger partial charge in [-0.2, -0.15) is 4.98 Å².